The summed E-state index contributed by atoms with van der Waals surface area (Å²) in [5, 5.41) is 3.49. The molecule has 0 saturated heterocycles. The minimum absolute atomic E-state index is 0.170. The molecule has 1 N–H and O–H groups in total. The van der Waals surface area contributed by atoms with Gasteiger partial charge in [0, 0.05) is 4.88 Å². The maximum absolute atomic E-state index is 12.6. The van der Waals surface area contributed by atoms with E-state index in [1.165, 1.54) is 23.3 Å². The number of hydrogen-bond donors (Lipinski definition) is 1. The van der Waals surface area contributed by atoms with E-state index in [1.807, 2.05) is 6.07 Å². The summed E-state index contributed by atoms with van der Waals surface area (Å²) >= 11 is 1.48. The Bertz CT molecular complexity index is 858. The van der Waals surface area contributed by atoms with E-state index in [0.29, 0.717) is 22.1 Å². The Hall–Kier alpha value is -2.54. The van der Waals surface area contributed by atoms with Gasteiger partial charge >= 0.3 is 5.97 Å². The summed E-state index contributed by atoms with van der Waals surface area (Å²) in [5.74, 6) is 0.604. The number of ether oxygens (including phenoxy) is 3. The molecular formula is C20H23NO5S. The Morgan fingerprint density at radius 3 is 2.52 bits per heavy atom. The van der Waals surface area contributed by atoms with Gasteiger partial charge in [-0.05, 0) is 48.9 Å². The second kappa shape index (κ2) is 8.43. The van der Waals surface area contributed by atoms with E-state index in [1.54, 1.807) is 26.4 Å². The van der Waals surface area contributed by atoms with E-state index >= 15 is 0 Å². The lowest BCUT2D eigenvalue weighted by Gasteiger charge is -2.12. The number of rotatable bonds is 6. The maximum Gasteiger partial charge on any atom is 0.341 e. The highest BCUT2D eigenvalue weighted by atomic mass is 32.1. The van der Waals surface area contributed by atoms with Crippen molar-refractivity contribution in [2.45, 2.75) is 32.1 Å². The van der Waals surface area contributed by atoms with Gasteiger partial charge in [-0.3, -0.25) is 4.79 Å². The summed E-state index contributed by atoms with van der Waals surface area (Å²) in [6.07, 6.45) is 4.11. The molecule has 0 atom stereocenters. The normalized spacial score (nSPS) is 12.9. The number of hydrogen-bond acceptors (Lipinski definition) is 6. The Kier molecular flexibility index (Phi) is 6.01. The van der Waals surface area contributed by atoms with Crippen molar-refractivity contribution in [2.24, 2.45) is 0 Å². The number of benzene rings is 1. The van der Waals surface area contributed by atoms with Gasteiger partial charge in [0.05, 0.1) is 33.3 Å². The lowest BCUT2D eigenvalue weighted by molar-refractivity contribution is -0.115. The lowest BCUT2D eigenvalue weighted by atomic mass is 9.95. The Balaban J connectivity index is 1.80. The number of anilines is 1. The van der Waals surface area contributed by atoms with Gasteiger partial charge < -0.3 is 19.5 Å². The molecule has 1 aromatic heterocycles. The minimum Gasteiger partial charge on any atom is -0.493 e. The quantitative estimate of drug-likeness (QED) is 0.764. The summed E-state index contributed by atoms with van der Waals surface area (Å²) in [7, 11) is 4.49. The lowest BCUT2D eigenvalue weighted by Crippen LogP contribution is -2.16. The van der Waals surface area contributed by atoms with Crippen LogP contribution in [0.25, 0.3) is 0 Å². The first kappa shape index (κ1) is 19.2. The number of thiophene rings is 1. The van der Waals surface area contributed by atoms with Crippen molar-refractivity contribution in [1.82, 2.24) is 0 Å². The van der Waals surface area contributed by atoms with Gasteiger partial charge in [-0.15, -0.1) is 11.3 Å². The first-order chi connectivity index (χ1) is 13.1. The molecule has 27 heavy (non-hydrogen) atoms. The summed E-state index contributed by atoms with van der Waals surface area (Å²) in [6.45, 7) is 0. The number of fused-ring (bicyclic) bond motifs is 1. The molecule has 0 unspecified atom stereocenters. The predicted molar refractivity (Wildman–Crippen MR) is 104 cm³/mol. The summed E-state index contributed by atoms with van der Waals surface area (Å²) in [5.41, 5.74) is 2.34. The predicted octanol–water partition coefficient (Wildman–Crippen LogP) is 3.61. The molecule has 3 rings (SSSR count). The van der Waals surface area contributed by atoms with Gasteiger partial charge in [0.15, 0.2) is 11.5 Å². The highest BCUT2D eigenvalue weighted by Gasteiger charge is 2.26. The number of amides is 1. The van der Waals surface area contributed by atoms with Crippen molar-refractivity contribution in [3.05, 3.63) is 39.8 Å². The Morgan fingerprint density at radius 2 is 1.81 bits per heavy atom. The molecule has 0 bridgehead atoms. The van der Waals surface area contributed by atoms with Crippen LogP contribution in [0.5, 0.6) is 11.5 Å². The standard InChI is InChI=1S/C20H23NO5S/c1-24-14-9-8-12(10-15(14)25-2)11-17(22)21-19-18(20(23)26-3)13-6-4-5-7-16(13)27-19/h8-10H,4-7,11H2,1-3H3,(H,21,22). The van der Waals surface area contributed by atoms with Gasteiger partial charge in [-0.2, -0.15) is 0 Å². The zero-order chi connectivity index (χ0) is 19.4. The van der Waals surface area contributed by atoms with Crippen LogP contribution in [0.1, 0.15) is 39.2 Å². The molecule has 0 fully saturated rings. The zero-order valence-electron chi connectivity index (χ0n) is 15.7. The van der Waals surface area contributed by atoms with Gasteiger partial charge in [0.2, 0.25) is 5.91 Å². The van der Waals surface area contributed by atoms with Crippen LogP contribution in [0.3, 0.4) is 0 Å². The number of esters is 1. The molecule has 7 heteroatoms. The van der Waals surface area contributed by atoms with Crippen molar-refractivity contribution < 1.29 is 23.8 Å². The van der Waals surface area contributed by atoms with Gasteiger partial charge in [0.25, 0.3) is 0 Å². The highest BCUT2D eigenvalue weighted by molar-refractivity contribution is 7.17. The third-order valence-corrected chi connectivity index (χ3v) is 5.83. The van der Waals surface area contributed by atoms with Crippen molar-refractivity contribution >= 4 is 28.2 Å². The van der Waals surface area contributed by atoms with Crippen molar-refractivity contribution in [2.75, 3.05) is 26.6 Å². The summed E-state index contributed by atoms with van der Waals surface area (Å²) < 4.78 is 15.4. The average molecular weight is 389 g/mol. The van der Waals surface area contributed by atoms with E-state index in [-0.39, 0.29) is 12.3 Å². The number of carbonyl (C=O) groups excluding carboxylic acids is 2. The fourth-order valence-electron chi connectivity index (χ4n) is 3.32. The molecule has 1 aromatic carbocycles. The largest absolute Gasteiger partial charge is 0.493 e. The molecular weight excluding hydrogens is 366 g/mol. The van der Waals surface area contributed by atoms with E-state index in [0.717, 1.165) is 36.8 Å². The van der Waals surface area contributed by atoms with E-state index in [9.17, 15) is 9.59 Å². The smallest absolute Gasteiger partial charge is 0.341 e. The minimum atomic E-state index is -0.393. The first-order valence-corrected chi connectivity index (χ1v) is 9.62. The summed E-state index contributed by atoms with van der Waals surface area (Å²) in [4.78, 5) is 26.0. The van der Waals surface area contributed by atoms with Crippen LogP contribution >= 0.6 is 11.3 Å². The van der Waals surface area contributed by atoms with E-state index in [2.05, 4.69) is 5.32 Å². The van der Waals surface area contributed by atoms with Gasteiger partial charge in [0.1, 0.15) is 5.00 Å². The highest BCUT2D eigenvalue weighted by Crippen LogP contribution is 2.38. The molecule has 6 nitrogen and oxygen atoms in total. The van der Waals surface area contributed by atoms with Crippen molar-refractivity contribution in [3.63, 3.8) is 0 Å². The third-order valence-electron chi connectivity index (χ3n) is 4.63. The molecule has 1 aliphatic rings. The van der Waals surface area contributed by atoms with Gasteiger partial charge in [-0.1, -0.05) is 6.07 Å². The number of nitrogens with one attached hydrogen (secondary N) is 1. The Morgan fingerprint density at radius 1 is 1.07 bits per heavy atom. The SMILES string of the molecule is COC(=O)c1c(NC(=O)Cc2ccc(OC)c(OC)c2)sc2c1CCCC2. The fraction of sp³-hybridized carbons (Fsp3) is 0.400. The average Bonchev–Trinajstić information content (AvgIpc) is 3.04. The molecule has 1 heterocycles. The fourth-order valence-corrected chi connectivity index (χ4v) is 4.61. The van der Waals surface area contributed by atoms with Crippen LogP contribution in [0.4, 0.5) is 5.00 Å². The molecule has 0 radical (unpaired) electrons. The molecule has 0 saturated carbocycles. The van der Waals surface area contributed by atoms with Crippen molar-refractivity contribution in [1.29, 1.82) is 0 Å². The van der Waals surface area contributed by atoms with E-state index < -0.39 is 5.97 Å². The third kappa shape index (κ3) is 4.08. The monoisotopic (exact) mass is 389 g/mol. The number of methoxy groups -OCH3 is 3. The van der Waals surface area contributed by atoms with Crippen LogP contribution in [0.15, 0.2) is 18.2 Å². The van der Waals surface area contributed by atoms with Crippen LogP contribution in [0, 0.1) is 0 Å². The molecule has 0 spiro atoms. The maximum atomic E-state index is 12.6. The molecule has 0 aliphatic heterocycles. The summed E-state index contributed by atoms with van der Waals surface area (Å²) in [6, 6.07) is 5.37. The molecule has 144 valence electrons. The second-order valence-electron chi connectivity index (χ2n) is 6.32. The van der Waals surface area contributed by atoms with Crippen LogP contribution in [0.2, 0.25) is 0 Å². The Labute approximate surface area is 162 Å². The van der Waals surface area contributed by atoms with E-state index in [4.69, 9.17) is 14.2 Å². The molecule has 1 aliphatic carbocycles. The van der Waals surface area contributed by atoms with Crippen LogP contribution < -0.4 is 14.8 Å². The topological polar surface area (TPSA) is 73.9 Å². The number of aryl methyl sites for hydroxylation is 1. The van der Waals surface area contributed by atoms with Crippen LogP contribution in [-0.4, -0.2) is 33.2 Å². The second-order valence-corrected chi connectivity index (χ2v) is 7.43. The van der Waals surface area contributed by atoms with Crippen molar-refractivity contribution in [3.8, 4) is 11.5 Å². The van der Waals surface area contributed by atoms with Gasteiger partial charge in [-0.25, -0.2) is 4.79 Å². The van der Waals surface area contributed by atoms with Crippen LogP contribution in [-0.2, 0) is 28.8 Å². The number of carbonyl (C=O) groups is 2. The zero-order valence-corrected chi connectivity index (χ0v) is 16.5. The molecule has 1 amide bonds. The first-order valence-electron chi connectivity index (χ1n) is 8.81. The molecule has 2 aromatic rings.